The highest BCUT2D eigenvalue weighted by atomic mass is 19.1. The molecule has 25 heavy (non-hydrogen) atoms. The molecular weight excluding hydrogens is 327 g/mol. The van der Waals surface area contributed by atoms with Gasteiger partial charge in [0.2, 0.25) is 0 Å². The summed E-state index contributed by atoms with van der Waals surface area (Å²) >= 11 is 0. The SMILES string of the molecule is CC[C@H](Oc1ccc(F)cc1)C(=O)Nc1ccc2c(c1)NC(=O)CO2. The number of halogens is 1. The first-order valence-electron chi connectivity index (χ1n) is 7.85. The molecule has 0 saturated heterocycles. The quantitative estimate of drug-likeness (QED) is 0.874. The summed E-state index contributed by atoms with van der Waals surface area (Å²) in [6.45, 7) is 1.79. The molecule has 0 fully saturated rings. The van der Waals surface area contributed by atoms with Gasteiger partial charge in [0.25, 0.3) is 11.8 Å². The number of hydrogen-bond donors (Lipinski definition) is 2. The Balaban J connectivity index is 1.68. The van der Waals surface area contributed by atoms with Crippen LogP contribution in [0.4, 0.5) is 15.8 Å². The average molecular weight is 344 g/mol. The summed E-state index contributed by atoms with van der Waals surface area (Å²) in [4.78, 5) is 23.8. The molecule has 3 rings (SSSR count). The van der Waals surface area contributed by atoms with E-state index in [9.17, 15) is 14.0 Å². The minimum absolute atomic E-state index is 0.0257. The minimum atomic E-state index is -0.729. The van der Waals surface area contributed by atoms with E-state index in [0.29, 0.717) is 29.3 Å². The van der Waals surface area contributed by atoms with Crippen LogP contribution < -0.4 is 20.1 Å². The summed E-state index contributed by atoms with van der Waals surface area (Å²) in [6, 6.07) is 10.5. The third-order valence-corrected chi connectivity index (χ3v) is 3.64. The number of benzene rings is 2. The second kappa shape index (κ2) is 7.21. The first-order valence-corrected chi connectivity index (χ1v) is 7.85. The largest absolute Gasteiger partial charge is 0.482 e. The maximum absolute atomic E-state index is 12.9. The summed E-state index contributed by atoms with van der Waals surface area (Å²) in [5.74, 6) is 0.00164. The van der Waals surface area contributed by atoms with Crippen molar-refractivity contribution in [2.75, 3.05) is 17.2 Å². The van der Waals surface area contributed by atoms with E-state index in [1.807, 2.05) is 6.92 Å². The predicted molar refractivity (Wildman–Crippen MR) is 90.3 cm³/mol. The second-order valence-electron chi connectivity index (χ2n) is 5.51. The molecule has 0 saturated carbocycles. The molecule has 1 aliphatic heterocycles. The van der Waals surface area contributed by atoms with Gasteiger partial charge >= 0.3 is 0 Å². The van der Waals surface area contributed by atoms with Gasteiger partial charge in [-0.2, -0.15) is 0 Å². The van der Waals surface area contributed by atoms with Crippen LogP contribution in [0.25, 0.3) is 0 Å². The molecule has 0 spiro atoms. The number of hydrogen-bond acceptors (Lipinski definition) is 4. The molecule has 0 aliphatic carbocycles. The minimum Gasteiger partial charge on any atom is -0.482 e. The van der Waals surface area contributed by atoms with Gasteiger partial charge < -0.3 is 20.1 Å². The number of anilines is 2. The van der Waals surface area contributed by atoms with Crippen molar-refractivity contribution >= 4 is 23.2 Å². The van der Waals surface area contributed by atoms with E-state index in [2.05, 4.69) is 10.6 Å². The molecule has 1 aliphatic rings. The lowest BCUT2D eigenvalue weighted by Crippen LogP contribution is -2.32. The molecule has 6 nitrogen and oxygen atoms in total. The van der Waals surface area contributed by atoms with Gasteiger partial charge in [0.15, 0.2) is 12.7 Å². The summed E-state index contributed by atoms with van der Waals surface area (Å²) < 4.78 is 23.8. The van der Waals surface area contributed by atoms with Gasteiger partial charge in [-0.1, -0.05) is 6.92 Å². The van der Waals surface area contributed by atoms with Crippen molar-refractivity contribution in [1.82, 2.24) is 0 Å². The molecule has 0 aromatic heterocycles. The number of ether oxygens (including phenoxy) is 2. The molecule has 1 heterocycles. The molecule has 7 heteroatoms. The van der Waals surface area contributed by atoms with E-state index in [0.717, 1.165) is 0 Å². The molecule has 2 aromatic rings. The Bertz CT molecular complexity index is 792. The van der Waals surface area contributed by atoms with Crippen LogP contribution >= 0.6 is 0 Å². The van der Waals surface area contributed by atoms with Crippen LogP contribution in [0, 0.1) is 5.82 Å². The van der Waals surface area contributed by atoms with Crippen LogP contribution in [0.3, 0.4) is 0 Å². The standard InChI is InChI=1S/C18H17FN2O4/c1-2-15(25-13-6-3-11(19)4-7-13)18(23)20-12-5-8-16-14(9-12)21-17(22)10-24-16/h3-9,15H,2,10H2,1H3,(H,20,23)(H,21,22)/t15-/m0/s1. The van der Waals surface area contributed by atoms with Crippen LogP contribution in [0.1, 0.15) is 13.3 Å². The Morgan fingerprint density at radius 1 is 1.32 bits per heavy atom. The Labute approximate surface area is 143 Å². The molecular formula is C18H17FN2O4. The molecule has 130 valence electrons. The fraction of sp³-hybridized carbons (Fsp3) is 0.222. The molecule has 0 unspecified atom stereocenters. The van der Waals surface area contributed by atoms with Gasteiger partial charge in [0, 0.05) is 5.69 Å². The Hall–Kier alpha value is -3.09. The van der Waals surface area contributed by atoms with Crippen molar-refractivity contribution < 1.29 is 23.5 Å². The monoisotopic (exact) mass is 344 g/mol. The number of amides is 2. The highest BCUT2D eigenvalue weighted by Crippen LogP contribution is 2.30. The lowest BCUT2D eigenvalue weighted by molar-refractivity contribution is -0.122. The average Bonchev–Trinajstić information content (AvgIpc) is 2.60. The lowest BCUT2D eigenvalue weighted by Gasteiger charge is -2.20. The predicted octanol–water partition coefficient (Wildman–Crippen LogP) is 2.95. The summed E-state index contributed by atoms with van der Waals surface area (Å²) in [7, 11) is 0. The number of carbonyl (C=O) groups is 2. The second-order valence-corrected chi connectivity index (χ2v) is 5.51. The van der Waals surface area contributed by atoms with E-state index in [1.165, 1.54) is 24.3 Å². The lowest BCUT2D eigenvalue weighted by atomic mass is 10.2. The van der Waals surface area contributed by atoms with Gasteiger partial charge in [0.05, 0.1) is 5.69 Å². The highest BCUT2D eigenvalue weighted by Gasteiger charge is 2.20. The number of fused-ring (bicyclic) bond motifs is 1. The topological polar surface area (TPSA) is 76.7 Å². The zero-order valence-electron chi connectivity index (χ0n) is 13.5. The van der Waals surface area contributed by atoms with Gasteiger partial charge in [-0.25, -0.2) is 4.39 Å². The van der Waals surface area contributed by atoms with Crippen LogP contribution in [-0.4, -0.2) is 24.5 Å². The molecule has 0 radical (unpaired) electrons. The van der Waals surface area contributed by atoms with Gasteiger partial charge in [0.1, 0.15) is 17.3 Å². The third kappa shape index (κ3) is 4.06. The number of nitrogens with one attached hydrogen (secondary N) is 2. The first-order chi connectivity index (χ1) is 12.0. The highest BCUT2D eigenvalue weighted by molar-refractivity contribution is 5.98. The van der Waals surface area contributed by atoms with E-state index in [4.69, 9.17) is 9.47 Å². The van der Waals surface area contributed by atoms with Gasteiger partial charge in [-0.15, -0.1) is 0 Å². The van der Waals surface area contributed by atoms with E-state index >= 15 is 0 Å². The molecule has 2 N–H and O–H groups in total. The van der Waals surface area contributed by atoms with Crippen molar-refractivity contribution in [3.8, 4) is 11.5 Å². The zero-order chi connectivity index (χ0) is 17.8. The van der Waals surface area contributed by atoms with E-state index in [1.54, 1.807) is 18.2 Å². The Morgan fingerprint density at radius 3 is 2.80 bits per heavy atom. The van der Waals surface area contributed by atoms with Crippen LogP contribution in [0.2, 0.25) is 0 Å². The summed E-state index contributed by atoms with van der Waals surface area (Å²) in [6.07, 6.45) is -0.291. The maximum Gasteiger partial charge on any atom is 0.265 e. The van der Waals surface area contributed by atoms with Crippen molar-refractivity contribution in [2.45, 2.75) is 19.4 Å². The van der Waals surface area contributed by atoms with Gasteiger partial charge in [-0.05, 0) is 48.9 Å². The third-order valence-electron chi connectivity index (χ3n) is 3.64. The summed E-state index contributed by atoms with van der Waals surface area (Å²) in [5.41, 5.74) is 1.01. The molecule has 2 aromatic carbocycles. The normalized spacial score (nSPS) is 13.9. The van der Waals surface area contributed by atoms with Crippen molar-refractivity contribution in [3.63, 3.8) is 0 Å². The molecule has 2 amide bonds. The summed E-state index contributed by atoms with van der Waals surface area (Å²) in [5, 5.41) is 5.42. The van der Waals surface area contributed by atoms with Crippen LogP contribution in [-0.2, 0) is 9.59 Å². The maximum atomic E-state index is 12.9. The Morgan fingerprint density at radius 2 is 2.08 bits per heavy atom. The number of carbonyl (C=O) groups excluding carboxylic acids is 2. The zero-order valence-corrected chi connectivity index (χ0v) is 13.5. The van der Waals surface area contributed by atoms with E-state index < -0.39 is 6.10 Å². The molecule has 0 bridgehead atoms. The van der Waals surface area contributed by atoms with Gasteiger partial charge in [-0.3, -0.25) is 9.59 Å². The van der Waals surface area contributed by atoms with Crippen molar-refractivity contribution in [1.29, 1.82) is 0 Å². The van der Waals surface area contributed by atoms with Crippen molar-refractivity contribution in [2.24, 2.45) is 0 Å². The fourth-order valence-electron chi connectivity index (χ4n) is 2.38. The van der Waals surface area contributed by atoms with E-state index in [-0.39, 0.29) is 24.2 Å². The first kappa shape index (κ1) is 16.8. The fourth-order valence-corrected chi connectivity index (χ4v) is 2.38. The molecule has 1 atom stereocenters. The number of rotatable bonds is 5. The van der Waals surface area contributed by atoms with Crippen LogP contribution in [0.5, 0.6) is 11.5 Å². The van der Waals surface area contributed by atoms with Crippen molar-refractivity contribution in [3.05, 3.63) is 48.3 Å². The Kier molecular flexibility index (Phi) is 4.83. The smallest absolute Gasteiger partial charge is 0.265 e. The van der Waals surface area contributed by atoms with Crippen LogP contribution in [0.15, 0.2) is 42.5 Å².